The van der Waals surface area contributed by atoms with Gasteiger partial charge >= 0.3 is 5.97 Å². The molecule has 0 aliphatic carbocycles. The molecule has 0 aromatic heterocycles. The Balaban J connectivity index is 3.16. The molecule has 0 fully saturated rings. The van der Waals surface area contributed by atoms with Gasteiger partial charge in [0.05, 0.1) is 30.9 Å². The zero-order chi connectivity index (χ0) is 19.3. The van der Waals surface area contributed by atoms with Crippen molar-refractivity contribution in [3.8, 4) is 5.75 Å². The molecule has 1 aromatic carbocycles. The predicted molar refractivity (Wildman–Crippen MR) is 106 cm³/mol. The quantitative estimate of drug-likeness (QED) is 0.366. The lowest BCUT2D eigenvalue weighted by Gasteiger charge is -2.36. The monoisotopic (exact) mass is 384 g/mol. The number of ether oxygens (including phenoxy) is 2. The van der Waals surface area contributed by atoms with Crippen LogP contribution in [0.3, 0.4) is 0 Å². The molecule has 0 spiro atoms. The third kappa shape index (κ3) is 5.87. The smallest absolute Gasteiger partial charge is 0.340 e. The van der Waals surface area contributed by atoms with Gasteiger partial charge in [0.15, 0.2) is 8.32 Å². The van der Waals surface area contributed by atoms with Crippen molar-refractivity contribution in [2.75, 3.05) is 20.3 Å². The van der Waals surface area contributed by atoms with E-state index in [4.69, 9.17) is 25.5 Å². The van der Waals surface area contributed by atoms with Crippen LogP contribution in [0, 0.1) is 0 Å². The van der Waals surface area contributed by atoms with Crippen LogP contribution in [0.4, 0.5) is 0 Å². The van der Waals surface area contributed by atoms with Gasteiger partial charge < -0.3 is 13.9 Å². The molecule has 6 heteroatoms. The Hall–Kier alpha value is -1.30. The van der Waals surface area contributed by atoms with Crippen LogP contribution in [-0.4, -0.2) is 34.6 Å². The molecular weight excluding hydrogens is 356 g/mol. The van der Waals surface area contributed by atoms with Crippen LogP contribution in [-0.2, 0) is 14.0 Å². The van der Waals surface area contributed by atoms with E-state index in [1.165, 1.54) is 0 Å². The number of benzene rings is 1. The van der Waals surface area contributed by atoms with Gasteiger partial charge in [0.25, 0.3) is 0 Å². The van der Waals surface area contributed by atoms with Crippen molar-refractivity contribution in [1.29, 1.82) is 0 Å². The molecule has 25 heavy (non-hydrogen) atoms. The Morgan fingerprint density at radius 2 is 1.72 bits per heavy atom. The van der Waals surface area contributed by atoms with Crippen molar-refractivity contribution < 1.29 is 18.7 Å². The van der Waals surface area contributed by atoms with Crippen molar-refractivity contribution in [1.82, 2.24) is 0 Å². The summed E-state index contributed by atoms with van der Waals surface area (Å²) in [6.45, 7) is 13.0. The van der Waals surface area contributed by atoms with E-state index in [0.29, 0.717) is 21.9 Å². The Labute approximate surface area is 157 Å². The van der Waals surface area contributed by atoms with Crippen molar-refractivity contribution in [2.24, 2.45) is 0 Å². The van der Waals surface area contributed by atoms with Crippen LogP contribution in [0.1, 0.15) is 33.3 Å². The summed E-state index contributed by atoms with van der Waals surface area (Å²) in [4.78, 5) is 12.4. The number of hydrogen-bond acceptors (Lipinski definition) is 4. The maximum absolute atomic E-state index is 12.4. The van der Waals surface area contributed by atoms with Crippen molar-refractivity contribution in [3.63, 3.8) is 0 Å². The molecule has 0 aliphatic heterocycles. The number of carbonyl (C=O) groups is 1. The zero-order valence-electron chi connectivity index (χ0n) is 16.2. The van der Waals surface area contributed by atoms with E-state index in [-0.39, 0.29) is 18.3 Å². The maximum Gasteiger partial charge on any atom is 0.340 e. The zero-order valence-corrected chi connectivity index (χ0v) is 18.0. The standard InChI is InChI=1S/C19H29ClO4Si/c1-8-23-18(21)17(14-9-11-15(22-5)12-10-14)16(20)13-24-25(6,7)19(2,3)4/h9-12H,8,13H2,1-7H3/b17-16-. The molecule has 4 nitrogen and oxygen atoms in total. The van der Waals surface area contributed by atoms with E-state index in [0.717, 1.165) is 0 Å². The minimum atomic E-state index is -1.97. The molecular formula is C19H29ClO4Si. The summed E-state index contributed by atoms with van der Waals surface area (Å²) in [6.07, 6.45) is 0. The highest BCUT2D eigenvalue weighted by molar-refractivity contribution is 6.74. The summed E-state index contributed by atoms with van der Waals surface area (Å²) in [5, 5.41) is 0.419. The first-order chi connectivity index (χ1) is 11.5. The fourth-order valence-electron chi connectivity index (χ4n) is 1.88. The average Bonchev–Trinajstić information content (AvgIpc) is 2.53. The van der Waals surface area contributed by atoms with E-state index < -0.39 is 14.3 Å². The summed E-state index contributed by atoms with van der Waals surface area (Å²) in [5.74, 6) is 0.261. The first-order valence-corrected chi connectivity index (χ1v) is 11.7. The van der Waals surface area contributed by atoms with E-state index in [1.54, 1.807) is 38.3 Å². The van der Waals surface area contributed by atoms with Gasteiger partial charge in [-0.15, -0.1) is 0 Å². The molecule has 0 atom stereocenters. The largest absolute Gasteiger partial charge is 0.497 e. The third-order valence-corrected chi connectivity index (χ3v) is 9.27. The molecule has 0 bridgehead atoms. The molecule has 0 saturated heterocycles. The molecule has 1 aromatic rings. The fourth-order valence-corrected chi connectivity index (χ4v) is 3.15. The number of rotatable bonds is 7. The van der Waals surface area contributed by atoms with Crippen LogP contribution >= 0.6 is 11.6 Å². The van der Waals surface area contributed by atoms with Gasteiger partial charge in [-0.3, -0.25) is 0 Å². The van der Waals surface area contributed by atoms with E-state index in [1.807, 2.05) is 0 Å². The summed E-state index contributed by atoms with van der Waals surface area (Å²) in [5.41, 5.74) is 1.02. The third-order valence-electron chi connectivity index (χ3n) is 4.50. The first-order valence-electron chi connectivity index (χ1n) is 8.37. The van der Waals surface area contributed by atoms with E-state index in [2.05, 4.69) is 33.9 Å². The second-order valence-electron chi connectivity index (χ2n) is 7.28. The lowest BCUT2D eigenvalue weighted by molar-refractivity contribution is -0.136. The molecule has 0 N–H and O–H groups in total. The minimum absolute atomic E-state index is 0.0639. The molecule has 0 amide bonds. The Morgan fingerprint density at radius 3 is 2.16 bits per heavy atom. The summed E-state index contributed by atoms with van der Waals surface area (Å²) in [6, 6.07) is 7.15. The van der Waals surface area contributed by atoms with Crippen molar-refractivity contribution >= 4 is 31.5 Å². The van der Waals surface area contributed by atoms with Crippen LogP contribution in [0.15, 0.2) is 29.3 Å². The lowest BCUT2D eigenvalue weighted by atomic mass is 10.1. The number of hydrogen-bond donors (Lipinski definition) is 0. The normalized spacial score (nSPS) is 13.3. The van der Waals surface area contributed by atoms with Crippen LogP contribution in [0.5, 0.6) is 5.75 Å². The molecule has 0 aliphatic rings. The van der Waals surface area contributed by atoms with Gasteiger partial charge in [0.1, 0.15) is 5.75 Å². The second kappa shape index (κ2) is 8.88. The van der Waals surface area contributed by atoms with Crippen molar-refractivity contribution in [3.05, 3.63) is 34.9 Å². The fraction of sp³-hybridized carbons (Fsp3) is 0.526. The molecule has 0 heterocycles. The van der Waals surface area contributed by atoms with Gasteiger partial charge in [-0.25, -0.2) is 4.79 Å². The highest BCUT2D eigenvalue weighted by atomic mass is 35.5. The Morgan fingerprint density at radius 1 is 1.16 bits per heavy atom. The van der Waals surface area contributed by atoms with Gasteiger partial charge in [0.2, 0.25) is 0 Å². The first kappa shape index (κ1) is 21.7. The number of esters is 1. The average molecular weight is 385 g/mol. The van der Waals surface area contributed by atoms with Crippen LogP contribution in [0.2, 0.25) is 18.1 Å². The van der Waals surface area contributed by atoms with Gasteiger partial charge in [-0.1, -0.05) is 44.5 Å². The molecule has 140 valence electrons. The Kier molecular flexibility index (Phi) is 7.72. The number of methoxy groups -OCH3 is 1. The maximum atomic E-state index is 12.4. The Bertz CT molecular complexity index is 615. The van der Waals surface area contributed by atoms with Gasteiger partial charge in [-0.05, 0) is 42.8 Å². The van der Waals surface area contributed by atoms with Crippen LogP contribution in [0.25, 0.3) is 5.57 Å². The van der Waals surface area contributed by atoms with E-state index >= 15 is 0 Å². The highest BCUT2D eigenvalue weighted by Gasteiger charge is 2.37. The van der Waals surface area contributed by atoms with Gasteiger partial charge in [0, 0.05) is 0 Å². The van der Waals surface area contributed by atoms with Gasteiger partial charge in [-0.2, -0.15) is 0 Å². The number of carbonyl (C=O) groups excluding carboxylic acids is 1. The predicted octanol–water partition coefficient (Wildman–Crippen LogP) is 5.23. The van der Waals surface area contributed by atoms with Crippen LogP contribution < -0.4 is 4.74 Å². The molecule has 1 rings (SSSR count). The summed E-state index contributed by atoms with van der Waals surface area (Å²) < 4.78 is 16.5. The molecule has 0 unspecified atom stereocenters. The second-order valence-corrected chi connectivity index (χ2v) is 12.5. The number of halogens is 1. The molecule has 0 radical (unpaired) electrons. The lowest BCUT2D eigenvalue weighted by Crippen LogP contribution is -2.41. The topological polar surface area (TPSA) is 44.8 Å². The van der Waals surface area contributed by atoms with Crippen molar-refractivity contribution in [2.45, 2.75) is 45.8 Å². The SMILES string of the molecule is CCOC(=O)/C(=C(\Cl)CO[Si](C)(C)C(C)(C)C)c1ccc(OC)cc1. The minimum Gasteiger partial charge on any atom is -0.497 e. The highest BCUT2D eigenvalue weighted by Crippen LogP contribution is 2.37. The summed E-state index contributed by atoms with van der Waals surface area (Å²) in [7, 11) is -0.379. The molecule has 0 saturated carbocycles. The van der Waals surface area contributed by atoms with E-state index in [9.17, 15) is 4.79 Å². The summed E-state index contributed by atoms with van der Waals surface area (Å²) >= 11 is 6.49.